The number of carbonyl (C=O) groups is 2. The summed E-state index contributed by atoms with van der Waals surface area (Å²) in [6.07, 6.45) is 3.75. The summed E-state index contributed by atoms with van der Waals surface area (Å²) >= 11 is 0. The number of rotatable bonds is 5. The second kappa shape index (κ2) is 8.10. The molecule has 0 aliphatic carbocycles. The Bertz CT molecular complexity index is 946. The molecule has 142 valence electrons. The molecule has 0 saturated carbocycles. The number of carbonyl (C=O) groups excluding carboxylic acids is 2. The molecule has 2 aromatic carbocycles. The Morgan fingerprint density at radius 3 is 2.43 bits per heavy atom. The van der Waals surface area contributed by atoms with Gasteiger partial charge in [0.25, 0.3) is 5.91 Å². The van der Waals surface area contributed by atoms with Crippen LogP contribution in [-0.2, 0) is 15.1 Å². The Kier molecular flexibility index (Phi) is 5.60. The molecule has 0 fully saturated rings. The molecule has 3 rings (SSSR count). The molecule has 5 nitrogen and oxygen atoms in total. The van der Waals surface area contributed by atoms with Crippen molar-refractivity contribution in [2.75, 3.05) is 6.61 Å². The largest absolute Gasteiger partial charge is 0.466 e. The predicted molar refractivity (Wildman–Crippen MR) is 106 cm³/mol. The Balaban J connectivity index is 2.22. The summed E-state index contributed by atoms with van der Waals surface area (Å²) in [6, 6.07) is 18.4. The van der Waals surface area contributed by atoms with Crippen LogP contribution >= 0.6 is 0 Å². The van der Waals surface area contributed by atoms with Crippen molar-refractivity contribution in [2.45, 2.75) is 25.8 Å². The number of benzene rings is 2. The minimum absolute atomic E-state index is 0.209. The zero-order chi connectivity index (χ0) is 20.1. The molecule has 2 unspecified atom stereocenters. The molecule has 2 aromatic rings. The maximum Gasteiger partial charge on any atom is 0.312 e. The Morgan fingerprint density at radius 1 is 1.11 bits per heavy atom. The molecular formula is C23H22N2O3. The van der Waals surface area contributed by atoms with Gasteiger partial charge < -0.3 is 4.74 Å². The van der Waals surface area contributed by atoms with E-state index >= 15 is 0 Å². The van der Waals surface area contributed by atoms with Crippen LogP contribution in [0.25, 0.3) is 6.08 Å². The molecule has 1 aliphatic rings. The van der Waals surface area contributed by atoms with E-state index in [-0.39, 0.29) is 12.5 Å². The third-order valence-electron chi connectivity index (χ3n) is 5.05. The van der Waals surface area contributed by atoms with Crippen LogP contribution in [0.4, 0.5) is 0 Å². The number of fused-ring (bicyclic) bond motifs is 1. The SMILES string of the molecule is CCOC(=O)C(CC)C1(C#N)c2ccccc2C=CN1C(=O)c1ccccc1. The number of hydrogen-bond acceptors (Lipinski definition) is 4. The van der Waals surface area contributed by atoms with Crippen molar-refractivity contribution in [1.82, 2.24) is 4.90 Å². The van der Waals surface area contributed by atoms with E-state index in [1.165, 1.54) is 4.90 Å². The van der Waals surface area contributed by atoms with Gasteiger partial charge in [0.05, 0.1) is 18.6 Å². The summed E-state index contributed by atoms with van der Waals surface area (Å²) in [5.74, 6) is -1.64. The van der Waals surface area contributed by atoms with E-state index in [4.69, 9.17) is 4.74 Å². The normalized spacial score (nSPS) is 18.7. The van der Waals surface area contributed by atoms with E-state index < -0.39 is 17.4 Å². The molecule has 0 spiro atoms. The Labute approximate surface area is 164 Å². The van der Waals surface area contributed by atoms with E-state index in [0.717, 1.165) is 5.56 Å². The second-order valence-corrected chi connectivity index (χ2v) is 6.54. The summed E-state index contributed by atoms with van der Waals surface area (Å²) in [7, 11) is 0. The van der Waals surface area contributed by atoms with Gasteiger partial charge in [0, 0.05) is 17.3 Å². The van der Waals surface area contributed by atoms with Gasteiger partial charge in [-0.25, -0.2) is 0 Å². The van der Waals surface area contributed by atoms with Crippen LogP contribution in [0.5, 0.6) is 0 Å². The topological polar surface area (TPSA) is 70.4 Å². The van der Waals surface area contributed by atoms with Crippen LogP contribution in [0.2, 0.25) is 0 Å². The predicted octanol–water partition coefficient (Wildman–Crippen LogP) is 4.12. The highest BCUT2D eigenvalue weighted by Crippen LogP contribution is 2.44. The highest BCUT2D eigenvalue weighted by atomic mass is 16.5. The summed E-state index contributed by atoms with van der Waals surface area (Å²) in [5.41, 5.74) is 0.400. The maximum atomic E-state index is 13.4. The quantitative estimate of drug-likeness (QED) is 0.738. The fourth-order valence-corrected chi connectivity index (χ4v) is 3.76. The average Bonchev–Trinajstić information content (AvgIpc) is 2.74. The molecule has 0 radical (unpaired) electrons. The maximum absolute atomic E-state index is 13.4. The summed E-state index contributed by atoms with van der Waals surface area (Å²) in [6.45, 7) is 3.76. The monoisotopic (exact) mass is 374 g/mol. The Morgan fingerprint density at radius 2 is 1.79 bits per heavy atom. The second-order valence-electron chi connectivity index (χ2n) is 6.54. The smallest absolute Gasteiger partial charge is 0.312 e. The van der Waals surface area contributed by atoms with Crippen LogP contribution in [-0.4, -0.2) is 23.4 Å². The van der Waals surface area contributed by atoms with E-state index in [9.17, 15) is 14.9 Å². The minimum Gasteiger partial charge on any atom is -0.466 e. The van der Waals surface area contributed by atoms with Gasteiger partial charge >= 0.3 is 5.97 Å². The molecule has 0 bridgehead atoms. The molecule has 0 saturated heterocycles. The standard InChI is InChI=1S/C23H22N2O3/c1-3-19(22(27)28-4-2)23(16-24)20-13-9-8-10-17(20)14-15-25(23)21(26)18-11-6-5-7-12-18/h5-15,19H,3-4H2,1-2H3. The summed E-state index contributed by atoms with van der Waals surface area (Å²) in [5, 5.41) is 10.4. The molecule has 2 atom stereocenters. The molecule has 28 heavy (non-hydrogen) atoms. The summed E-state index contributed by atoms with van der Waals surface area (Å²) < 4.78 is 5.27. The van der Waals surface area contributed by atoms with Crippen LogP contribution < -0.4 is 0 Å². The fourth-order valence-electron chi connectivity index (χ4n) is 3.76. The molecule has 0 N–H and O–H groups in total. The van der Waals surface area contributed by atoms with E-state index in [2.05, 4.69) is 6.07 Å². The molecule has 1 aliphatic heterocycles. The number of esters is 1. The van der Waals surface area contributed by atoms with Crippen LogP contribution in [0.15, 0.2) is 60.8 Å². The van der Waals surface area contributed by atoms with Gasteiger partial charge in [0.15, 0.2) is 5.54 Å². The molecule has 0 aromatic heterocycles. The molecule has 1 heterocycles. The van der Waals surface area contributed by atoms with Crippen molar-refractivity contribution in [2.24, 2.45) is 5.92 Å². The van der Waals surface area contributed by atoms with Crippen LogP contribution in [0.3, 0.4) is 0 Å². The molecule has 1 amide bonds. The zero-order valence-electron chi connectivity index (χ0n) is 16.0. The molecular weight excluding hydrogens is 352 g/mol. The van der Waals surface area contributed by atoms with E-state index in [0.29, 0.717) is 17.5 Å². The number of nitrogens with zero attached hydrogens (tertiary/aromatic N) is 2. The Hall–Kier alpha value is -3.39. The first-order valence-electron chi connectivity index (χ1n) is 9.34. The lowest BCUT2D eigenvalue weighted by atomic mass is 9.72. The van der Waals surface area contributed by atoms with Gasteiger partial charge in [-0.2, -0.15) is 5.26 Å². The fraction of sp³-hybridized carbons (Fsp3) is 0.261. The lowest BCUT2D eigenvalue weighted by Crippen LogP contribution is -2.54. The number of hydrogen-bond donors (Lipinski definition) is 0. The first-order chi connectivity index (χ1) is 13.6. The van der Waals surface area contributed by atoms with Crippen molar-refractivity contribution < 1.29 is 14.3 Å². The minimum atomic E-state index is -1.49. The average molecular weight is 374 g/mol. The van der Waals surface area contributed by atoms with Gasteiger partial charge in [-0.05, 0) is 37.1 Å². The number of amides is 1. The van der Waals surface area contributed by atoms with Crippen LogP contribution in [0, 0.1) is 17.2 Å². The first-order valence-corrected chi connectivity index (χ1v) is 9.34. The van der Waals surface area contributed by atoms with Gasteiger partial charge in [0.2, 0.25) is 0 Å². The zero-order valence-corrected chi connectivity index (χ0v) is 16.0. The van der Waals surface area contributed by atoms with Crippen molar-refractivity contribution in [3.05, 3.63) is 77.5 Å². The van der Waals surface area contributed by atoms with Gasteiger partial charge in [-0.15, -0.1) is 0 Å². The number of nitriles is 1. The van der Waals surface area contributed by atoms with Crippen LogP contribution in [0.1, 0.15) is 41.8 Å². The number of ether oxygens (including phenoxy) is 1. The highest BCUT2D eigenvalue weighted by molar-refractivity contribution is 5.97. The third-order valence-corrected chi connectivity index (χ3v) is 5.05. The van der Waals surface area contributed by atoms with Gasteiger partial charge in [-0.1, -0.05) is 49.4 Å². The third kappa shape index (κ3) is 3.07. The van der Waals surface area contributed by atoms with E-state index in [1.54, 1.807) is 49.5 Å². The lowest BCUT2D eigenvalue weighted by molar-refractivity contribution is -0.152. The van der Waals surface area contributed by atoms with E-state index in [1.807, 2.05) is 31.2 Å². The molecule has 5 heteroatoms. The van der Waals surface area contributed by atoms with Crippen molar-refractivity contribution >= 4 is 18.0 Å². The van der Waals surface area contributed by atoms with Crippen molar-refractivity contribution in [1.29, 1.82) is 5.26 Å². The highest BCUT2D eigenvalue weighted by Gasteiger charge is 2.53. The van der Waals surface area contributed by atoms with Crippen molar-refractivity contribution in [3.63, 3.8) is 0 Å². The summed E-state index contributed by atoms with van der Waals surface area (Å²) in [4.78, 5) is 27.6. The lowest BCUT2D eigenvalue weighted by Gasteiger charge is -2.44. The van der Waals surface area contributed by atoms with Crippen molar-refractivity contribution in [3.8, 4) is 6.07 Å². The first kappa shape index (κ1) is 19.4. The van der Waals surface area contributed by atoms with Gasteiger partial charge in [-0.3, -0.25) is 14.5 Å². The van der Waals surface area contributed by atoms with Gasteiger partial charge in [0.1, 0.15) is 0 Å².